The number of nitrogens with one attached hydrogen (secondary N) is 1. The zero-order valence-corrected chi connectivity index (χ0v) is 13.0. The van der Waals surface area contributed by atoms with Gasteiger partial charge in [0.25, 0.3) is 0 Å². The molecule has 0 saturated carbocycles. The summed E-state index contributed by atoms with van der Waals surface area (Å²) in [6.45, 7) is 5.48. The Hall–Kier alpha value is -0.0000000000000000555. The summed E-state index contributed by atoms with van der Waals surface area (Å²) in [5, 5.41) is 4.44. The molecule has 0 radical (unpaired) electrons. The van der Waals surface area contributed by atoms with E-state index in [1.54, 1.807) is 0 Å². The molecule has 0 bridgehead atoms. The van der Waals surface area contributed by atoms with Gasteiger partial charge in [0, 0.05) is 22.7 Å². The van der Waals surface area contributed by atoms with Crippen LogP contribution in [-0.2, 0) is 0 Å². The van der Waals surface area contributed by atoms with Gasteiger partial charge in [0.15, 0.2) is 0 Å². The van der Waals surface area contributed by atoms with Gasteiger partial charge in [0.2, 0.25) is 0 Å². The molecular formula is C13H18ClIN2. The molecule has 1 atom stereocenters. The van der Waals surface area contributed by atoms with Crippen LogP contribution in [0.1, 0.15) is 19.8 Å². The SMILES string of the molecule is CCCNC1CCN(c2ccc(I)cc2Cl)C1. The molecule has 2 rings (SSSR count). The van der Waals surface area contributed by atoms with Crippen LogP contribution in [0.25, 0.3) is 0 Å². The molecule has 1 aromatic rings. The van der Waals surface area contributed by atoms with Crippen LogP contribution in [0.2, 0.25) is 5.02 Å². The lowest BCUT2D eigenvalue weighted by molar-refractivity contribution is 0.549. The van der Waals surface area contributed by atoms with Crippen molar-refractivity contribution in [3.05, 3.63) is 26.8 Å². The highest BCUT2D eigenvalue weighted by atomic mass is 127. The van der Waals surface area contributed by atoms with Crippen LogP contribution >= 0.6 is 34.2 Å². The van der Waals surface area contributed by atoms with Crippen LogP contribution in [0.15, 0.2) is 18.2 Å². The van der Waals surface area contributed by atoms with Gasteiger partial charge in [-0.2, -0.15) is 0 Å². The summed E-state index contributed by atoms with van der Waals surface area (Å²) in [5.41, 5.74) is 1.17. The van der Waals surface area contributed by atoms with Gasteiger partial charge < -0.3 is 10.2 Å². The molecule has 0 aliphatic carbocycles. The van der Waals surface area contributed by atoms with Gasteiger partial charge in [-0.15, -0.1) is 0 Å². The molecule has 94 valence electrons. The highest BCUT2D eigenvalue weighted by Crippen LogP contribution is 2.30. The Balaban J connectivity index is 2.00. The van der Waals surface area contributed by atoms with Crippen molar-refractivity contribution in [2.24, 2.45) is 0 Å². The van der Waals surface area contributed by atoms with Crippen molar-refractivity contribution >= 4 is 39.9 Å². The number of nitrogens with zero attached hydrogens (tertiary/aromatic N) is 1. The molecule has 0 spiro atoms. The largest absolute Gasteiger partial charge is 0.369 e. The zero-order chi connectivity index (χ0) is 12.3. The van der Waals surface area contributed by atoms with Gasteiger partial charge in [-0.05, 0) is 60.2 Å². The van der Waals surface area contributed by atoms with Crippen molar-refractivity contribution < 1.29 is 0 Å². The van der Waals surface area contributed by atoms with E-state index in [-0.39, 0.29) is 0 Å². The number of hydrogen-bond acceptors (Lipinski definition) is 2. The molecule has 1 fully saturated rings. The van der Waals surface area contributed by atoms with Crippen LogP contribution in [0, 0.1) is 3.57 Å². The second-order valence-electron chi connectivity index (χ2n) is 4.48. The van der Waals surface area contributed by atoms with Crippen LogP contribution in [0.3, 0.4) is 0 Å². The first kappa shape index (κ1) is 13.4. The topological polar surface area (TPSA) is 15.3 Å². The summed E-state index contributed by atoms with van der Waals surface area (Å²) >= 11 is 8.59. The maximum atomic E-state index is 6.29. The second-order valence-corrected chi connectivity index (χ2v) is 6.13. The molecule has 1 N–H and O–H groups in total. The number of hydrogen-bond donors (Lipinski definition) is 1. The van der Waals surface area contributed by atoms with Crippen molar-refractivity contribution in [2.75, 3.05) is 24.5 Å². The van der Waals surface area contributed by atoms with Crippen LogP contribution in [0.5, 0.6) is 0 Å². The Labute approximate surface area is 122 Å². The lowest BCUT2D eigenvalue weighted by Crippen LogP contribution is -2.33. The molecule has 4 heteroatoms. The van der Waals surface area contributed by atoms with Gasteiger partial charge in [0.1, 0.15) is 0 Å². The van der Waals surface area contributed by atoms with E-state index in [1.165, 1.54) is 22.1 Å². The van der Waals surface area contributed by atoms with E-state index < -0.39 is 0 Å². The molecule has 1 saturated heterocycles. The first-order valence-electron chi connectivity index (χ1n) is 6.14. The number of anilines is 1. The van der Waals surface area contributed by atoms with Gasteiger partial charge in [-0.25, -0.2) is 0 Å². The quantitative estimate of drug-likeness (QED) is 0.822. The third kappa shape index (κ3) is 3.48. The summed E-state index contributed by atoms with van der Waals surface area (Å²) in [5.74, 6) is 0. The van der Waals surface area contributed by atoms with Crippen molar-refractivity contribution in [3.63, 3.8) is 0 Å². The van der Waals surface area contributed by atoms with E-state index in [1.807, 2.05) is 6.07 Å². The zero-order valence-electron chi connectivity index (χ0n) is 10.0. The van der Waals surface area contributed by atoms with Gasteiger partial charge in [-0.1, -0.05) is 18.5 Å². The van der Waals surface area contributed by atoms with E-state index >= 15 is 0 Å². The Morgan fingerprint density at radius 3 is 3.06 bits per heavy atom. The fourth-order valence-corrected chi connectivity index (χ4v) is 3.21. The number of halogens is 2. The Kier molecular flexibility index (Phi) is 4.94. The maximum absolute atomic E-state index is 6.29. The monoisotopic (exact) mass is 364 g/mol. The van der Waals surface area contributed by atoms with Crippen molar-refractivity contribution in [2.45, 2.75) is 25.8 Å². The summed E-state index contributed by atoms with van der Waals surface area (Å²) in [4.78, 5) is 2.38. The van der Waals surface area contributed by atoms with Gasteiger partial charge >= 0.3 is 0 Å². The van der Waals surface area contributed by atoms with E-state index in [9.17, 15) is 0 Å². The van der Waals surface area contributed by atoms with E-state index in [4.69, 9.17) is 11.6 Å². The second kappa shape index (κ2) is 6.25. The standard InChI is InChI=1S/C13H18ClIN2/c1-2-6-16-11-5-7-17(9-11)13-4-3-10(15)8-12(13)14/h3-4,8,11,16H,2,5-7,9H2,1H3. The van der Waals surface area contributed by atoms with Crippen LogP contribution in [0.4, 0.5) is 5.69 Å². The molecule has 1 aliphatic heterocycles. The third-order valence-corrected chi connectivity index (χ3v) is 4.10. The predicted molar refractivity (Wildman–Crippen MR) is 83.1 cm³/mol. The molecule has 17 heavy (non-hydrogen) atoms. The maximum Gasteiger partial charge on any atom is 0.0650 e. The molecule has 2 nitrogen and oxygen atoms in total. The Morgan fingerprint density at radius 2 is 2.35 bits per heavy atom. The van der Waals surface area contributed by atoms with Gasteiger partial charge in [-0.3, -0.25) is 0 Å². The lowest BCUT2D eigenvalue weighted by atomic mass is 10.2. The lowest BCUT2D eigenvalue weighted by Gasteiger charge is -2.20. The molecule has 1 aromatic carbocycles. The molecule has 1 aliphatic rings. The molecule has 0 aromatic heterocycles. The minimum absolute atomic E-state index is 0.616. The fraction of sp³-hybridized carbons (Fsp3) is 0.538. The van der Waals surface area contributed by atoms with Crippen LogP contribution < -0.4 is 10.2 Å². The highest BCUT2D eigenvalue weighted by Gasteiger charge is 2.23. The van der Waals surface area contributed by atoms with Crippen molar-refractivity contribution in [3.8, 4) is 0 Å². The van der Waals surface area contributed by atoms with E-state index in [0.29, 0.717) is 6.04 Å². The van der Waals surface area contributed by atoms with Crippen LogP contribution in [-0.4, -0.2) is 25.7 Å². The summed E-state index contributed by atoms with van der Waals surface area (Å²) in [6.07, 6.45) is 2.41. The van der Waals surface area contributed by atoms with E-state index in [0.717, 1.165) is 24.7 Å². The summed E-state index contributed by atoms with van der Waals surface area (Å²) in [6, 6.07) is 6.90. The molecule has 1 heterocycles. The molecular weight excluding hydrogens is 347 g/mol. The summed E-state index contributed by atoms with van der Waals surface area (Å²) < 4.78 is 1.19. The fourth-order valence-electron chi connectivity index (χ4n) is 2.23. The molecule has 1 unspecified atom stereocenters. The smallest absolute Gasteiger partial charge is 0.0650 e. The van der Waals surface area contributed by atoms with Crippen molar-refractivity contribution in [1.29, 1.82) is 0 Å². The first-order valence-corrected chi connectivity index (χ1v) is 7.59. The minimum atomic E-state index is 0.616. The first-order chi connectivity index (χ1) is 8.20. The predicted octanol–water partition coefficient (Wildman–Crippen LogP) is 3.52. The number of benzene rings is 1. The molecule has 0 amide bonds. The average Bonchev–Trinajstić information content (AvgIpc) is 2.75. The summed E-state index contributed by atoms with van der Waals surface area (Å²) in [7, 11) is 0. The third-order valence-electron chi connectivity index (χ3n) is 3.12. The van der Waals surface area contributed by atoms with E-state index in [2.05, 4.69) is 51.9 Å². The highest BCUT2D eigenvalue weighted by molar-refractivity contribution is 14.1. The van der Waals surface area contributed by atoms with Gasteiger partial charge in [0.05, 0.1) is 10.7 Å². The van der Waals surface area contributed by atoms with Crippen molar-refractivity contribution in [1.82, 2.24) is 5.32 Å². The average molecular weight is 365 g/mol. The normalized spacial score (nSPS) is 19.9. The Bertz CT molecular complexity index is 384. The minimum Gasteiger partial charge on any atom is -0.369 e. The number of rotatable bonds is 4. The Morgan fingerprint density at radius 1 is 1.53 bits per heavy atom.